The molecule has 1 aromatic carbocycles. The molecule has 1 saturated carbocycles. The third-order valence-corrected chi connectivity index (χ3v) is 6.25. The number of aromatic nitrogens is 6. The Morgan fingerprint density at radius 2 is 1.97 bits per heavy atom. The third kappa shape index (κ3) is 2.31. The van der Waals surface area contributed by atoms with Crippen LogP contribution >= 0.6 is 0 Å². The molecule has 4 aromatic rings. The lowest BCUT2D eigenvalue weighted by Gasteiger charge is -2.21. The molecule has 150 valence electrons. The number of ether oxygens (including phenoxy) is 1. The number of hydrogen-bond acceptors (Lipinski definition) is 6. The molecule has 3 aromatic heterocycles. The second kappa shape index (κ2) is 6.24. The molecule has 6 rings (SSSR count). The number of nitriles is 1. The van der Waals surface area contributed by atoms with Crippen molar-refractivity contribution in [2.75, 3.05) is 6.61 Å². The topological polar surface area (TPSA) is 103 Å². The fraction of sp³-hybridized carbons (Fsp3) is 0.381. The van der Waals surface area contributed by atoms with Crippen LogP contribution in [0.25, 0.3) is 27.9 Å². The van der Waals surface area contributed by atoms with Crippen molar-refractivity contribution in [2.45, 2.75) is 44.2 Å². The van der Waals surface area contributed by atoms with E-state index in [1.807, 2.05) is 40.2 Å². The highest BCUT2D eigenvalue weighted by atomic mass is 16.5. The Kier molecular flexibility index (Phi) is 3.61. The van der Waals surface area contributed by atoms with E-state index < -0.39 is 0 Å². The molecule has 0 bridgehead atoms. The predicted octanol–water partition coefficient (Wildman–Crippen LogP) is 2.46. The van der Waals surface area contributed by atoms with Gasteiger partial charge in [0.1, 0.15) is 23.2 Å². The van der Waals surface area contributed by atoms with Crippen molar-refractivity contribution in [3.8, 4) is 17.6 Å². The quantitative estimate of drug-likeness (QED) is 0.522. The minimum atomic E-state index is -0.128. The molecule has 1 saturated heterocycles. The summed E-state index contributed by atoms with van der Waals surface area (Å²) < 4.78 is 10.7. The summed E-state index contributed by atoms with van der Waals surface area (Å²) in [6.45, 7) is 2.64. The Labute approximate surface area is 171 Å². The van der Waals surface area contributed by atoms with Crippen LogP contribution in [-0.2, 0) is 4.74 Å². The molecule has 2 fully saturated rings. The van der Waals surface area contributed by atoms with E-state index >= 15 is 0 Å². The van der Waals surface area contributed by atoms with Gasteiger partial charge in [0, 0.05) is 12.5 Å². The van der Waals surface area contributed by atoms with Gasteiger partial charge in [0.2, 0.25) is 6.19 Å². The normalized spacial score (nSPS) is 21.5. The van der Waals surface area contributed by atoms with Gasteiger partial charge in [0.05, 0.1) is 28.9 Å². The summed E-state index contributed by atoms with van der Waals surface area (Å²) in [5, 5.41) is 17.7. The molecule has 1 aliphatic carbocycles. The smallest absolute Gasteiger partial charge is 0.278 e. The number of hydrogen-bond donors (Lipinski definition) is 0. The second-order valence-electron chi connectivity index (χ2n) is 8.02. The van der Waals surface area contributed by atoms with Crippen molar-refractivity contribution in [1.29, 1.82) is 5.26 Å². The lowest BCUT2D eigenvalue weighted by atomic mass is 10.1. The molecule has 2 atom stereocenters. The zero-order chi connectivity index (χ0) is 20.4. The van der Waals surface area contributed by atoms with E-state index in [4.69, 9.17) is 4.74 Å². The van der Waals surface area contributed by atoms with Gasteiger partial charge in [0.15, 0.2) is 0 Å². The molecular weight excluding hydrogens is 382 g/mol. The predicted molar refractivity (Wildman–Crippen MR) is 108 cm³/mol. The van der Waals surface area contributed by atoms with E-state index in [2.05, 4.69) is 21.5 Å². The minimum absolute atomic E-state index is 0.0483. The lowest BCUT2D eigenvalue weighted by molar-refractivity contribution is 0.108. The Bertz CT molecular complexity index is 1400. The number of para-hydroxylation sites is 2. The molecule has 9 nitrogen and oxygen atoms in total. The molecule has 30 heavy (non-hydrogen) atoms. The van der Waals surface area contributed by atoms with Crippen molar-refractivity contribution in [3.63, 3.8) is 0 Å². The maximum absolute atomic E-state index is 13.8. The third-order valence-electron chi connectivity index (χ3n) is 6.25. The summed E-state index contributed by atoms with van der Waals surface area (Å²) in [5.74, 6) is 0.234. The SMILES string of the molecule is CC1OCCC1n1c(=O)c2c(-c3nnn(C#N)c3C3CC3)ncn2c2ccccc21. The van der Waals surface area contributed by atoms with E-state index in [1.54, 1.807) is 6.33 Å². The van der Waals surface area contributed by atoms with Gasteiger partial charge in [-0.1, -0.05) is 17.3 Å². The van der Waals surface area contributed by atoms with E-state index in [-0.39, 0.29) is 23.6 Å². The van der Waals surface area contributed by atoms with Gasteiger partial charge >= 0.3 is 0 Å². The van der Waals surface area contributed by atoms with Crippen molar-refractivity contribution >= 4 is 16.6 Å². The summed E-state index contributed by atoms with van der Waals surface area (Å²) in [4.78, 5) is 18.4. The highest BCUT2D eigenvalue weighted by Crippen LogP contribution is 2.43. The number of rotatable bonds is 3. The van der Waals surface area contributed by atoms with Crippen LogP contribution in [0.4, 0.5) is 0 Å². The van der Waals surface area contributed by atoms with Crippen LogP contribution in [0.3, 0.4) is 0 Å². The molecule has 0 N–H and O–H groups in total. The molecule has 0 amide bonds. The van der Waals surface area contributed by atoms with E-state index in [0.717, 1.165) is 36.0 Å². The Balaban J connectivity index is 1.70. The summed E-state index contributed by atoms with van der Waals surface area (Å²) in [7, 11) is 0. The first-order chi connectivity index (χ1) is 14.7. The van der Waals surface area contributed by atoms with Gasteiger partial charge in [-0.15, -0.1) is 9.78 Å². The van der Waals surface area contributed by atoms with Crippen LogP contribution in [0.5, 0.6) is 0 Å². The first kappa shape index (κ1) is 17.4. The standard InChI is InChI=1S/C21H19N7O2/c1-12-14(8-9-30-12)28-16-5-3-2-4-15(16)26-11-23-17(20(26)21(28)29)18-19(13-6-7-13)27(10-22)25-24-18/h2-5,11-14H,6-9H2,1H3. The molecular formula is C21H19N7O2. The zero-order valence-electron chi connectivity index (χ0n) is 16.4. The molecule has 1 aliphatic heterocycles. The number of imidazole rings is 1. The average Bonchev–Trinajstić information content (AvgIpc) is 3.16. The van der Waals surface area contributed by atoms with Crippen LogP contribution in [0.15, 0.2) is 35.4 Å². The van der Waals surface area contributed by atoms with Crippen LogP contribution in [0.1, 0.15) is 43.8 Å². The molecule has 2 unspecified atom stereocenters. The van der Waals surface area contributed by atoms with Gasteiger partial charge in [-0.2, -0.15) is 5.26 Å². The van der Waals surface area contributed by atoms with Gasteiger partial charge in [0.25, 0.3) is 5.56 Å². The molecule has 4 heterocycles. The highest BCUT2D eigenvalue weighted by molar-refractivity contribution is 5.85. The summed E-state index contributed by atoms with van der Waals surface area (Å²) in [6, 6.07) is 7.78. The monoisotopic (exact) mass is 401 g/mol. The van der Waals surface area contributed by atoms with Crippen LogP contribution in [-0.4, -0.2) is 41.7 Å². The second-order valence-corrected chi connectivity index (χ2v) is 8.02. The fourth-order valence-corrected chi connectivity index (χ4v) is 4.65. The fourth-order valence-electron chi connectivity index (χ4n) is 4.65. The van der Waals surface area contributed by atoms with Gasteiger partial charge in [-0.05, 0) is 38.3 Å². The first-order valence-electron chi connectivity index (χ1n) is 10.2. The zero-order valence-corrected chi connectivity index (χ0v) is 16.4. The van der Waals surface area contributed by atoms with Crippen molar-refractivity contribution in [3.05, 3.63) is 46.6 Å². The summed E-state index contributed by atoms with van der Waals surface area (Å²) in [6.07, 6.45) is 6.42. The summed E-state index contributed by atoms with van der Waals surface area (Å²) in [5.41, 5.74) is 3.83. The highest BCUT2D eigenvalue weighted by Gasteiger charge is 2.35. The van der Waals surface area contributed by atoms with E-state index in [9.17, 15) is 10.1 Å². The van der Waals surface area contributed by atoms with Crippen LogP contribution in [0, 0.1) is 11.5 Å². The molecule has 2 aliphatic rings. The van der Waals surface area contributed by atoms with E-state index in [0.29, 0.717) is 23.5 Å². The Morgan fingerprint density at radius 3 is 2.67 bits per heavy atom. The van der Waals surface area contributed by atoms with Crippen molar-refractivity contribution in [2.24, 2.45) is 0 Å². The van der Waals surface area contributed by atoms with Crippen molar-refractivity contribution in [1.82, 2.24) is 28.9 Å². The Hall–Kier alpha value is -3.51. The average molecular weight is 401 g/mol. The molecule has 9 heteroatoms. The van der Waals surface area contributed by atoms with Crippen LogP contribution < -0.4 is 5.56 Å². The molecule has 0 spiro atoms. The lowest BCUT2D eigenvalue weighted by Crippen LogP contribution is -2.30. The number of nitrogens with zero attached hydrogens (tertiary/aromatic N) is 7. The minimum Gasteiger partial charge on any atom is -0.376 e. The largest absolute Gasteiger partial charge is 0.376 e. The van der Waals surface area contributed by atoms with Gasteiger partial charge in [-0.3, -0.25) is 13.8 Å². The van der Waals surface area contributed by atoms with E-state index in [1.165, 1.54) is 4.68 Å². The summed E-state index contributed by atoms with van der Waals surface area (Å²) >= 11 is 0. The number of benzene rings is 1. The maximum Gasteiger partial charge on any atom is 0.278 e. The molecule has 0 radical (unpaired) electrons. The maximum atomic E-state index is 13.8. The Morgan fingerprint density at radius 1 is 1.17 bits per heavy atom. The van der Waals surface area contributed by atoms with Gasteiger partial charge < -0.3 is 4.74 Å². The van der Waals surface area contributed by atoms with Crippen molar-refractivity contribution < 1.29 is 4.74 Å². The number of fused-ring (bicyclic) bond motifs is 3. The van der Waals surface area contributed by atoms with Crippen LogP contribution in [0.2, 0.25) is 0 Å². The first-order valence-corrected chi connectivity index (χ1v) is 10.2. The van der Waals surface area contributed by atoms with Gasteiger partial charge in [-0.25, -0.2) is 4.98 Å².